The zero-order valence-electron chi connectivity index (χ0n) is 15.1. The summed E-state index contributed by atoms with van der Waals surface area (Å²) >= 11 is 0. The lowest BCUT2D eigenvalue weighted by atomic mass is 9.83. The van der Waals surface area contributed by atoms with Crippen molar-refractivity contribution in [2.24, 2.45) is 11.8 Å². The fraction of sp³-hybridized carbons (Fsp3) is 0.350. The van der Waals surface area contributed by atoms with Crippen molar-refractivity contribution in [3.63, 3.8) is 0 Å². The van der Waals surface area contributed by atoms with Gasteiger partial charge >= 0.3 is 5.97 Å². The zero-order valence-corrected chi connectivity index (χ0v) is 15.1. The minimum Gasteiger partial charge on any atom is -0.504 e. The minimum atomic E-state index is -1.10. The normalized spacial score (nSPS) is 20.2. The molecule has 0 unspecified atom stereocenters. The van der Waals surface area contributed by atoms with Gasteiger partial charge in [0, 0.05) is 5.92 Å². The molecule has 3 atom stereocenters. The molecule has 0 radical (unpaired) electrons. The number of hydrogen-bond acceptors (Lipinski definition) is 7. The zero-order chi connectivity index (χ0) is 19.6. The molecule has 1 aliphatic rings. The first kappa shape index (κ1) is 18.8. The molecule has 0 amide bonds. The number of methoxy groups -OCH3 is 2. The number of ether oxygens (including phenoxy) is 3. The Balaban J connectivity index is 1.83. The molecule has 1 aliphatic heterocycles. The number of benzene rings is 2. The number of hydrogen-bond donors (Lipinski definition) is 3. The second-order valence-electron chi connectivity index (χ2n) is 6.50. The van der Waals surface area contributed by atoms with Gasteiger partial charge < -0.3 is 29.5 Å². The van der Waals surface area contributed by atoms with E-state index in [1.54, 1.807) is 18.2 Å². The van der Waals surface area contributed by atoms with Crippen LogP contribution in [0.3, 0.4) is 0 Å². The van der Waals surface area contributed by atoms with Crippen LogP contribution in [0.25, 0.3) is 0 Å². The number of esters is 1. The lowest BCUT2D eigenvalue weighted by Gasteiger charge is -2.22. The molecule has 0 aliphatic carbocycles. The van der Waals surface area contributed by atoms with E-state index < -0.39 is 18.0 Å². The van der Waals surface area contributed by atoms with Gasteiger partial charge in [-0.2, -0.15) is 0 Å². The van der Waals surface area contributed by atoms with Crippen LogP contribution in [0.1, 0.15) is 17.2 Å². The maximum Gasteiger partial charge on any atom is 0.312 e. The Morgan fingerprint density at radius 1 is 1.07 bits per heavy atom. The van der Waals surface area contributed by atoms with E-state index in [0.29, 0.717) is 17.7 Å². The summed E-state index contributed by atoms with van der Waals surface area (Å²) in [5.41, 5.74) is 1.32. The second kappa shape index (κ2) is 7.75. The minimum absolute atomic E-state index is 0.0350. The molecule has 27 heavy (non-hydrogen) atoms. The average molecular weight is 374 g/mol. The average Bonchev–Trinajstić information content (AvgIpc) is 3.03. The van der Waals surface area contributed by atoms with Gasteiger partial charge in [-0.25, -0.2) is 0 Å². The topological polar surface area (TPSA) is 105 Å². The van der Waals surface area contributed by atoms with Crippen LogP contribution in [-0.2, 0) is 16.0 Å². The maximum atomic E-state index is 12.3. The summed E-state index contributed by atoms with van der Waals surface area (Å²) in [6, 6.07) is 9.44. The highest BCUT2D eigenvalue weighted by Crippen LogP contribution is 2.39. The summed E-state index contributed by atoms with van der Waals surface area (Å²) in [6.07, 6.45) is -0.627. The van der Waals surface area contributed by atoms with Crippen LogP contribution < -0.4 is 9.47 Å². The molecule has 0 spiro atoms. The molecular formula is C20H22O7. The molecular weight excluding hydrogens is 352 g/mol. The first-order valence-corrected chi connectivity index (χ1v) is 8.52. The summed E-state index contributed by atoms with van der Waals surface area (Å²) in [7, 11) is 2.88. The molecule has 2 aromatic rings. The van der Waals surface area contributed by atoms with Crippen molar-refractivity contribution in [2.45, 2.75) is 12.5 Å². The highest BCUT2D eigenvalue weighted by molar-refractivity contribution is 5.76. The van der Waals surface area contributed by atoms with Crippen molar-refractivity contribution < 1.29 is 34.3 Å². The first-order valence-electron chi connectivity index (χ1n) is 8.52. The van der Waals surface area contributed by atoms with Crippen LogP contribution in [0.5, 0.6) is 23.0 Å². The number of aromatic hydroxyl groups is 2. The van der Waals surface area contributed by atoms with E-state index in [4.69, 9.17) is 14.2 Å². The van der Waals surface area contributed by atoms with E-state index in [-0.39, 0.29) is 29.8 Å². The Kier molecular flexibility index (Phi) is 5.41. The van der Waals surface area contributed by atoms with Gasteiger partial charge in [0.05, 0.1) is 32.8 Å². The quantitative estimate of drug-likeness (QED) is 0.666. The number of carbonyl (C=O) groups excluding carboxylic acids is 1. The summed E-state index contributed by atoms with van der Waals surface area (Å²) in [4.78, 5) is 12.3. The first-order chi connectivity index (χ1) is 12.9. The van der Waals surface area contributed by atoms with E-state index in [2.05, 4.69) is 0 Å². The van der Waals surface area contributed by atoms with Crippen LogP contribution in [0.2, 0.25) is 0 Å². The van der Waals surface area contributed by atoms with Crippen molar-refractivity contribution >= 4 is 5.97 Å². The van der Waals surface area contributed by atoms with Gasteiger partial charge in [-0.3, -0.25) is 4.79 Å². The van der Waals surface area contributed by atoms with Crippen molar-refractivity contribution in [2.75, 3.05) is 20.8 Å². The molecule has 7 heteroatoms. The highest BCUT2D eigenvalue weighted by Gasteiger charge is 2.42. The second-order valence-corrected chi connectivity index (χ2v) is 6.50. The Hall–Kier alpha value is -2.93. The third-order valence-corrected chi connectivity index (χ3v) is 4.85. The number of carbonyl (C=O) groups is 1. The molecule has 0 bridgehead atoms. The van der Waals surface area contributed by atoms with E-state index in [1.807, 2.05) is 0 Å². The Morgan fingerprint density at radius 2 is 1.70 bits per heavy atom. The van der Waals surface area contributed by atoms with E-state index in [1.165, 1.54) is 32.4 Å². The molecule has 1 saturated heterocycles. The van der Waals surface area contributed by atoms with Crippen molar-refractivity contribution in [1.29, 1.82) is 0 Å². The van der Waals surface area contributed by atoms with Gasteiger partial charge in [-0.05, 0) is 41.8 Å². The summed E-state index contributed by atoms with van der Waals surface area (Å²) < 4.78 is 15.4. The molecule has 144 valence electrons. The van der Waals surface area contributed by atoms with Gasteiger partial charge in [-0.15, -0.1) is 0 Å². The van der Waals surface area contributed by atoms with Gasteiger partial charge in [0.2, 0.25) is 0 Å². The van der Waals surface area contributed by atoms with Gasteiger partial charge in [0.25, 0.3) is 0 Å². The summed E-state index contributed by atoms with van der Waals surface area (Å²) in [5, 5.41) is 30.2. The monoisotopic (exact) mass is 374 g/mol. The Labute approximate surface area is 156 Å². The molecule has 3 N–H and O–H groups in total. The third kappa shape index (κ3) is 3.78. The van der Waals surface area contributed by atoms with E-state index in [9.17, 15) is 20.1 Å². The Bertz CT molecular complexity index is 833. The summed E-state index contributed by atoms with van der Waals surface area (Å²) in [5.74, 6) is -0.912. The fourth-order valence-electron chi connectivity index (χ4n) is 3.39. The van der Waals surface area contributed by atoms with E-state index in [0.717, 1.165) is 5.56 Å². The van der Waals surface area contributed by atoms with Gasteiger partial charge in [-0.1, -0.05) is 12.1 Å². The smallest absolute Gasteiger partial charge is 0.312 e. The molecule has 0 saturated carbocycles. The highest BCUT2D eigenvalue weighted by atomic mass is 16.5. The molecule has 1 fully saturated rings. The fourth-order valence-corrected chi connectivity index (χ4v) is 3.39. The Morgan fingerprint density at radius 3 is 2.37 bits per heavy atom. The number of phenols is 2. The van der Waals surface area contributed by atoms with Gasteiger partial charge in [0.15, 0.2) is 23.0 Å². The van der Waals surface area contributed by atoms with Crippen LogP contribution in [0, 0.1) is 11.8 Å². The maximum absolute atomic E-state index is 12.3. The van der Waals surface area contributed by atoms with Crippen molar-refractivity contribution in [3.05, 3.63) is 47.5 Å². The molecule has 1 heterocycles. The number of phenolic OH excluding ortho intramolecular Hbond substituents is 2. The van der Waals surface area contributed by atoms with Crippen LogP contribution in [0.4, 0.5) is 0 Å². The molecule has 3 rings (SSSR count). The van der Waals surface area contributed by atoms with Gasteiger partial charge in [0.1, 0.15) is 0 Å². The predicted octanol–water partition coefficient (Wildman–Crippen LogP) is 2.18. The number of aliphatic hydroxyl groups excluding tert-OH is 1. The van der Waals surface area contributed by atoms with Crippen molar-refractivity contribution in [3.8, 4) is 23.0 Å². The van der Waals surface area contributed by atoms with Crippen molar-refractivity contribution in [1.82, 2.24) is 0 Å². The molecule has 0 aromatic heterocycles. The largest absolute Gasteiger partial charge is 0.504 e. The number of cyclic esters (lactones) is 1. The van der Waals surface area contributed by atoms with Crippen LogP contribution in [0.15, 0.2) is 36.4 Å². The van der Waals surface area contributed by atoms with E-state index >= 15 is 0 Å². The third-order valence-electron chi connectivity index (χ3n) is 4.85. The SMILES string of the molecule is COc1cc(C[C@H]2COC(=O)[C@@H]2[C@H](O)c2ccc(O)c(OC)c2)ccc1O. The lowest BCUT2D eigenvalue weighted by Crippen LogP contribution is -2.25. The molecule has 2 aromatic carbocycles. The predicted molar refractivity (Wildman–Crippen MR) is 95.9 cm³/mol. The van der Waals surface area contributed by atoms with Crippen LogP contribution in [-0.4, -0.2) is 42.1 Å². The van der Waals surface area contributed by atoms with Crippen LogP contribution >= 0.6 is 0 Å². The standard InChI is InChI=1S/C20H22O7/c1-25-16-8-11(3-5-14(16)21)7-13-10-27-20(24)18(13)19(23)12-4-6-15(22)17(9-12)26-2/h3-6,8-9,13,18-19,21-23H,7,10H2,1-2H3/t13-,18-,19+/m0/s1. The number of aliphatic hydroxyl groups is 1. The molecule has 7 nitrogen and oxygen atoms in total. The summed E-state index contributed by atoms with van der Waals surface area (Å²) in [6.45, 7) is 0.193. The lowest BCUT2D eigenvalue weighted by molar-refractivity contribution is -0.144. The number of rotatable bonds is 6.